The SMILES string of the molecule is COC(=O)C(NC(=O)CCN1C(=O)c2ccccc2C1=O)C(O)c1ccc(OC)cc1. The van der Waals surface area contributed by atoms with Gasteiger partial charge < -0.3 is 19.9 Å². The Morgan fingerprint density at radius 1 is 1.00 bits per heavy atom. The summed E-state index contributed by atoms with van der Waals surface area (Å²) in [5.41, 5.74) is 0.947. The number of fused-ring (bicyclic) bond motifs is 1. The molecule has 1 aliphatic rings. The van der Waals surface area contributed by atoms with Crippen molar-refractivity contribution in [1.29, 1.82) is 0 Å². The van der Waals surface area contributed by atoms with Gasteiger partial charge in [0.2, 0.25) is 5.91 Å². The maximum atomic E-state index is 12.5. The Morgan fingerprint density at radius 3 is 2.10 bits per heavy atom. The van der Waals surface area contributed by atoms with Crippen molar-refractivity contribution in [2.75, 3.05) is 20.8 Å². The van der Waals surface area contributed by atoms with E-state index in [1.807, 2.05) is 0 Å². The van der Waals surface area contributed by atoms with E-state index in [0.717, 1.165) is 12.0 Å². The van der Waals surface area contributed by atoms with Crippen molar-refractivity contribution in [2.24, 2.45) is 0 Å². The zero-order valence-electron chi connectivity index (χ0n) is 17.0. The molecule has 0 fully saturated rings. The molecule has 0 saturated heterocycles. The molecule has 162 valence electrons. The normalized spacial score (nSPS) is 14.6. The summed E-state index contributed by atoms with van der Waals surface area (Å²) >= 11 is 0. The second-order valence-corrected chi connectivity index (χ2v) is 6.84. The van der Waals surface area contributed by atoms with E-state index < -0.39 is 35.8 Å². The topological polar surface area (TPSA) is 122 Å². The van der Waals surface area contributed by atoms with Gasteiger partial charge in [0.15, 0.2) is 6.04 Å². The molecule has 2 unspecified atom stereocenters. The Labute approximate surface area is 178 Å². The molecule has 0 bridgehead atoms. The van der Waals surface area contributed by atoms with Crippen molar-refractivity contribution < 1.29 is 33.8 Å². The highest BCUT2D eigenvalue weighted by atomic mass is 16.5. The van der Waals surface area contributed by atoms with Crippen LogP contribution in [-0.2, 0) is 14.3 Å². The van der Waals surface area contributed by atoms with Crippen LogP contribution in [0.15, 0.2) is 48.5 Å². The first kappa shape index (κ1) is 22.0. The molecule has 2 aromatic rings. The summed E-state index contributed by atoms with van der Waals surface area (Å²) in [7, 11) is 2.64. The molecular weight excluding hydrogens is 404 g/mol. The molecule has 2 aromatic carbocycles. The van der Waals surface area contributed by atoms with E-state index in [9.17, 15) is 24.3 Å². The largest absolute Gasteiger partial charge is 0.497 e. The number of hydrogen-bond donors (Lipinski definition) is 2. The fraction of sp³-hybridized carbons (Fsp3) is 0.273. The lowest BCUT2D eigenvalue weighted by Crippen LogP contribution is -2.46. The number of benzene rings is 2. The number of ether oxygens (including phenoxy) is 2. The average Bonchev–Trinajstić information content (AvgIpc) is 3.05. The smallest absolute Gasteiger partial charge is 0.331 e. The molecule has 3 rings (SSSR count). The van der Waals surface area contributed by atoms with E-state index >= 15 is 0 Å². The summed E-state index contributed by atoms with van der Waals surface area (Å²) in [5, 5.41) is 13.0. The minimum absolute atomic E-state index is 0.162. The first-order valence-corrected chi connectivity index (χ1v) is 9.51. The third kappa shape index (κ3) is 4.56. The van der Waals surface area contributed by atoms with Gasteiger partial charge in [-0.15, -0.1) is 0 Å². The molecular formula is C22H22N2O7. The number of rotatable bonds is 8. The lowest BCUT2D eigenvalue weighted by atomic mass is 10.0. The minimum atomic E-state index is -1.37. The number of imide groups is 1. The van der Waals surface area contributed by atoms with Gasteiger partial charge in [0, 0.05) is 13.0 Å². The van der Waals surface area contributed by atoms with Gasteiger partial charge in [0.25, 0.3) is 11.8 Å². The number of nitrogens with one attached hydrogen (secondary N) is 1. The van der Waals surface area contributed by atoms with Crippen molar-refractivity contribution in [1.82, 2.24) is 10.2 Å². The Balaban J connectivity index is 1.65. The van der Waals surface area contributed by atoms with Crippen LogP contribution >= 0.6 is 0 Å². The van der Waals surface area contributed by atoms with E-state index in [-0.39, 0.29) is 24.1 Å². The highest BCUT2D eigenvalue weighted by Gasteiger charge is 2.36. The summed E-state index contributed by atoms with van der Waals surface area (Å²) in [6.07, 6.45) is -1.62. The van der Waals surface area contributed by atoms with Crippen LogP contribution in [0.1, 0.15) is 38.8 Å². The van der Waals surface area contributed by atoms with Gasteiger partial charge in [-0.25, -0.2) is 4.79 Å². The number of carbonyl (C=O) groups excluding carboxylic acids is 4. The first-order chi connectivity index (χ1) is 14.9. The van der Waals surface area contributed by atoms with Gasteiger partial charge in [-0.1, -0.05) is 24.3 Å². The van der Waals surface area contributed by atoms with Gasteiger partial charge in [0.1, 0.15) is 11.9 Å². The number of carbonyl (C=O) groups is 4. The third-order valence-corrected chi connectivity index (χ3v) is 4.99. The highest BCUT2D eigenvalue weighted by molar-refractivity contribution is 6.21. The van der Waals surface area contributed by atoms with Crippen molar-refractivity contribution >= 4 is 23.7 Å². The molecule has 2 N–H and O–H groups in total. The molecule has 3 amide bonds. The number of esters is 1. The fourth-order valence-corrected chi connectivity index (χ4v) is 3.29. The standard InChI is InChI=1S/C22H22N2O7/c1-30-14-9-7-13(8-10-14)19(26)18(22(29)31-2)23-17(25)11-12-24-20(27)15-5-3-4-6-16(15)21(24)28/h3-10,18-19,26H,11-12H2,1-2H3,(H,23,25). The molecule has 1 aliphatic heterocycles. The van der Waals surface area contributed by atoms with Gasteiger partial charge in [0.05, 0.1) is 25.3 Å². The van der Waals surface area contributed by atoms with E-state index in [2.05, 4.69) is 5.32 Å². The maximum absolute atomic E-state index is 12.5. The molecule has 9 heteroatoms. The molecule has 2 atom stereocenters. The van der Waals surface area contributed by atoms with E-state index in [1.54, 1.807) is 48.5 Å². The molecule has 0 aromatic heterocycles. The lowest BCUT2D eigenvalue weighted by molar-refractivity contribution is -0.148. The summed E-state index contributed by atoms with van der Waals surface area (Å²) in [6.45, 7) is -0.162. The van der Waals surface area contributed by atoms with Crippen LogP contribution in [0.25, 0.3) is 0 Å². The Hall–Kier alpha value is -3.72. The summed E-state index contributed by atoms with van der Waals surface area (Å²) in [5.74, 6) is -1.85. The third-order valence-electron chi connectivity index (χ3n) is 4.99. The van der Waals surface area contributed by atoms with Crippen molar-refractivity contribution in [2.45, 2.75) is 18.6 Å². The highest BCUT2D eigenvalue weighted by Crippen LogP contribution is 2.23. The molecule has 0 saturated carbocycles. The molecule has 31 heavy (non-hydrogen) atoms. The number of aliphatic hydroxyl groups excluding tert-OH is 1. The zero-order valence-corrected chi connectivity index (χ0v) is 17.0. The van der Waals surface area contributed by atoms with Gasteiger partial charge >= 0.3 is 5.97 Å². The number of aliphatic hydroxyl groups is 1. The monoisotopic (exact) mass is 426 g/mol. The van der Waals surface area contributed by atoms with Gasteiger partial charge in [-0.05, 0) is 29.8 Å². The van der Waals surface area contributed by atoms with Crippen LogP contribution in [0.2, 0.25) is 0 Å². The minimum Gasteiger partial charge on any atom is -0.497 e. The summed E-state index contributed by atoms with van der Waals surface area (Å²) < 4.78 is 9.76. The quantitative estimate of drug-likeness (QED) is 0.478. The summed E-state index contributed by atoms with van der Waals surface area (Å²) in [6, 6.07) is 11.4. The van der Waals surface area contributed by atoms with Crippen LogP contribution < -0.4 is 10.1 Å². The number of hydrogen-bond acceptors (Lipinski definition) is 7. The van der Waals surface area contributed by atoms with Crippen molar-refractivity contribution in [3.63, 3.8) is 0 Å². The van der Waals surface area contributed by atoms with Crippen LogP contribution in [0.3, 0.4) is 0 Å². The van der Waals surface area contributed by atoms with E-state index in [0.29, 0.717) is 11.3 Å². The Morgan fingerprint density at radius 2 is 1.58 bits per heavy atom. The number of methoxy groups -OCH3 is 2. The Kier molecular flexibility index (Phi) is 6.66. The van der Waals surface area contributed by atoms with Crippen LogP contribution in [0.4, 0.5) is 0 Å². The first-order valence-electron chi connectivity index (χ1n) is 9.51. The molecule has 0 aliphatic carbocycles. The van der Waals surface area contributed by atoms with Crippen molar-refractivity contribution in [3.05, 3.63) is 65.2 Å². The molecule has 1 heterocycles. The fourth-order valence-electron chi connectivity index (χ4n) is 3.29. The van der Waals surface area contributed by atoms with E-state index in [4.69, 9.17) is 9.47 Å². The van der Waals surface area contributed by atoms with Crippen LogP contribution in [-0.4, -0.2) is 60.5 Å². The van der Waals surface area contributed by atoms with Crippen LogP contribution in [0, 0.1) is 0 Å². The lowest BCUT2D eigenvalue weighted by Gasteiger charge is -2.23. The second kappa shape index (κ2) is 9.40. The van der Waals surface area contributed by atoms with Crippen LogP contribution in [0.5, 0.6) is 5.75 Å². The van der Waals surface area contributed by atoms with E-state index in [1.165, 1.54) is 7.11 Å². The number of amides is 3. The molecule has 0 radical (unpaired) electrons. The van der Waals surface area contributed by atoms with Gasteiger partial charge in [-0.3, -0.25) is 19.3 Å². The maximum Gasteiger partial charge on any atom is 0.331 e. The van der Waals surface area contributed by atoms with Gasteiger partial charge in [-0.2, -0.15) is 0 Å². The summed E-state index contributed by atoms with van der Waals surface area (Å²) in [4.78, 5) is 50.4. The number of nitrogens with zero attached hydrogens (tertiary/aromatic N) is 1. The predicted octanol–water partition coefficient (Wildman–Crippen LogP) is 1.07. The molecule has 9 nitrogen and oxygen atoms in total. The molecule has 0 spiro atoms. The zero-order chi connectivity index (χ0) is 22.5. The Bertz CT molecular complexity index is 968. The second-order valence-electron chi connectivity index (χ2n) is 6.84. The van der Waals surface area contributed by atoms with Crippen molar-refractivity contribution in [3.8, 4) is 5.75 Å². The predicted molar refractivity (Wildman–Crippen MR) is 108 cm³/mol. The average molecular weight is 426 g/mol.